The van der Waals surface area contributed by atoms with E-state index in [1.54, 1.807) is 11.1 Å². The third-order valence-corrected chi connectivity index (χ3v) is 5.26. The molecule has 2 fully saturated rings. The smallest absolute Gasteiger partial charge is 0.312 e. The molecule has 1 aromatic heterocycles. The van der Waals surface area contributed by atoms with E-state index in [0.717, 1.165) is 25.0 Å². The summed E-state index contributed by atoms with van der Waals surface area (Å²) in [5.41, 5.74) is 5.83. The average molecular weight is 359 g/mol. The lowest BCUT2D eigenvalue weighted by atomic mass is 9.73. The fourth-order valence-electron chi connectivity index (χ4n) is 3.96. The first-order valence-electron chi connectivity index (χ1n) is 8.96. The van der Waals surface area contributed by atoms with Crippen molar-refractivity contribution in [2.24, 2.45) is 11.1 Å². The van der Waals surface area contributed by atoms with Crippen LogP contribution in [0.4, 0.5) is 4.79 Å². The number of amides is 4. The van der Waals surface area contributed by atoms with Crippen molar-refractivity contribution in [2.75, 3.05) is 26.2 Å². The maximum Gasteiger partial charge on any atom is 0.312 e. The molecule has 2 aliphatic heterocycles. The molecule has 0 aromatic carbocycles. The van der Waals surface area contributed by atoms with E-state index in [9.17, 15) is 14.4 Å². The Balaban J connectivity index is 1.65. The average Bonchev–Trinajstić information content (AvgIpc) is 2.64. The lowest BCUT2D eigenvalue weighted by molar-refractivity contribution is -0.143. The maximum absolute atomic E-state index is 12.4. The van der Waals surface area contributed by atoms with Gasteiger partial charge in [0.1, 0.15) is 0 Å². The summed E-state index contributed by atoms with van der Waals surface area (Å²) in [6, 6.07) is 4.99. The number of nitrogens with two attached hydrogens (primary N) is 1. The van der Waals surface area contributed by atoms with E-state index in [1.165, 1.54) is 0 Å². The summed E-state index contributed by atoms with van der Waals surface area (Å²) in [4.78, 5) is 43.5. The molecule has 4 amide bonds. The van der Waals surface area contributed by atoms with Gasteiger partial charge < -0.3 is 20.9 Å². The molecule has 2 saturated heterocycles. The molecule has 0 bridgehead atoms. The second-order valence-electron chi connectivity index (χ2n) is 7.21. The number of carbonyl (C=O) groups excluding carboxylic acids is 3. The van der Waals surface area contributed by atoms with Crippen LogP contribution in [0.3, 0.4) is 0 Å². The topological polar surface area (TPSA) is 109 Å². The van der Waals surface area contributed by atoms with Gasteiger partial charge in [-0.3, -0.25) is 14.6 Å². The fraction of sp³-hybridized carbons (Fsp3) is 0.556. The van der Waals surface area contributed by atoms with Gasteiger partial charge in [-0.1, -0.05) is 6.07 Å². The summed E-state index contributed by atoms with van der Waals surface area (Å²) in [5.74, 6) is 0.0103. The highest BCUT2D eigenvalue weighted by Crippen LogP contribution is 2.39. The Labute approximate surface area is 152 Å². The van der Waals surface area contributed by atoms with Gasteiger partial charge in [-0.05, 0) is 31.4 Å². The number of pyridine rings is 1. The SMILES string of the molecule is NC(=O)NCC(=O)N1CCCC2(CCC(=O)N(Cc3ccccn3)C2)C1. The minimum absolute atomic E-state index is 0.0800. The van der Waals surface area contributed by atoms with E-state index in [-0.39, 0.29) is 23.8 Å². The highest BCUT2D eigenvalue weighted by atomic mass is 16.2. The predicted molar refractivity (Wildman–Crippen MR) is 94.7 cm³/mol. The van der Waals surface area contributed by atoms with Crippen LogP contribution in [0.1, 0.15) is 31.4 Å². The lowest BCUT2D eigenvalue weighted by Gasteiger charge is -2.48. The summed E-state index contributed by atoms with van der Waals surface area (Å²) >= 11 is 0. The Kier molecular flexibility index (Phi) is 5.39. The summed E-state index contributed by atoms with van der Waals surface area (Å²) in [7, 11) is 0. The van der Waals surface area contributed by atoms with Crippen LogP contribution in [0.2, 0.25) is 0 Å². The Morgan fingerprint density at radius 3 is 2.85 bits per heavy atom. The number of primary amides is 1. The quantitative estimate of drug-likeness (QED) is 0.815. The van der Waals surface area contributed by atoms with Gasteiger partial charge in [-0.15, -0.1) is 0 Å². The normalized spacial score (nSPS) is 23.2. The number of urea groups is 1. The van der Waals surface area contributed by atoms with Crippen molar-refractivity contribution < 1.29 is 14.4 Å². The number of carbonyl (C=O) groups is 3. The number of hydrogen-bond donors (Lipinski definition) is 2. The van der Waals surface area contributed by atoms with Gasteiger partial charge in [0.25, 0.3) is 0 Å². The number of nitrogens with zero attached hydrogens (tertiary/aromatic N) is 3. The molecule has 3 heterocycles. The monoisotopic (exact) mass is 359 g/mol. The van der Waals surface area contributed by atoms with Gasteiger partial charge in [0.2, 0.25) is 11.8 Å². The van der Waals surface area contributed by atoms with Crippen LogP contribution in [0.5, 0.6) is 0 Å². The molecule has 0 aliphatic carbocycles. The van der Waals surface area contributed by atoms with Crippen LogP contribution in [0.15, 0.2) is 24.4 Å². The van der Waals surface area contributed by atoms with Crippen molar-refractivity contribution in [3.05, 3.63) is 30.1 Å². The van der Waals surface area contributed by atoms with Gasteiger partial charge >= 0.3 is 6.03 Å². The molecule has 8 nitrogen and oxygen atoms in total. The van der Waals surface area contributed by atoms with Crippen molar-refractivity contribution >= 4 is 17.8 Å². The first-order valence-corrected chi connectivity index (χ1v) is 8.96. The minimum atomic E-state index is -0.699. The predicted octanol–water partition coefficient (Wildman–Crippen LogP) is 0.481. The Hall–Kier alpha value is -2.64. The molecule has 3 rings (SSSR count). The molecule has 8 heteroatoms. The molecule has 26 heavy (non-hydrogen) atoms. The zero-order valence-corrected chi connectivity index (χ0v) is 14.8. The van der Waals surface area contributed by atoms with E-state index >= 15 is 0 Å². The van der Waals surface area contributed by atoms with Gasteiger partial charge in [0, 0.05) is 37.7 Å². The number of hydrogen-bond acceptors (Lipinski definition) is 4. The minimum Gasteiger partial charge on any atom is -0.352 e. The second kappa shape index (κ2) is 7.72. The summed E-state index contributed by atoms with van der Waals surface area (Å²) in [6.45, 7) is 2.34. The van der Waals surface area contributed by atoms with Crippen molar-refractivity contribution in [2.45, 2.75) is 32.2 Å². The number of likely N-dealkylation sites (tertiary alicyclic amines) is 2. The van der Waals surface area contributed by atoms with Crippen LogP contribution in [-0.2, 0) is 16.1 Å². The van der Waals surface area contributed by atoms with E-state index < -0.39 is 6.03 Å². The molecule has 3 N–H and O–H groups in total. The van der Waals surface area contributed by atoms with Crippen LogP contribution in [-0.4, -0.2) is 58.8 Å². The maximum atomic E-state index is 12.4. The molecule has 1 atom stereocenters. The number of rotatable bonds is 4. The van der Waals surface area contributed by atoms with E-state index in [1.807, 2.05) is 23.1 Å². The molecule has 1 spiro atoms. The Morgan fingerprint density at radius 1 is 1.27 bits per heavy atom. The zero-order valence-electron chi connectivity index (χ0n) is 14.8. The van der Waals surface area contributed by atoms with Crippen molar-refractivity contribution in [1.29, 1.82) is 0 Å². The highest BCUT2D eigenvalue weighted by molar-refractivity contribution is 5.83. The molecule has 2 aliphatic rings. The zero-order chi connectivity index (χ0) is 18.6. The van der Waals surface area contributed by atoms with E-state index in [4.69, 9.17) is 5.73 Å². The number of nitrogens with one attached hydrogen (secondary N) is 1. The third kappa shape index (κ3) is 4.30. The molecule has 0 saturated carbocycles. The first-order chi connectivity index (χ1) is 12.5. The molecule has 140 valence electrons. The number of piperidine rings is 2. The van der Waals surface area contributed by atoms with Gasteiger partial charge in [0.05, 0.1) is 18.8 Å². The highest BCUT2D eigenvalue weighted by Gasteiger charge is 2.42. The number of aromatic nitrogens is 1. The van der Waals surface area contributed by atoms with Crippen LogP contribution in [0.25, 0.3) is 0 Å². The summed E-state index contributed by atoms with van der Waals surface area (Å²) in [6.07, 6.45) is 4.90. The Bertz CT molecular complexity index is 681. The van der Waals surface area contributed by atoms with Gasteiger partial charge in [0.15, 0.2) is 0 Å². The third-order valence-electron chi connectivity index (χ3n) is 5.26. The van der Waals surface area contributed by atoms with Crippen LogP contribution < -0.4 is 11.1 Å². The van der Waals surface area contributed by atoms with Crippen LogP contribution >= 0.6 is 0 Å². The molecular weight excluding hydrogens is 334 g/mol. The molecule has 1 aromatic rings. The molecule has 0 radical (unpaired) electrons. The summed E-state index contributed by atoms with van der Waals surface area (Å²) < 4.78 is 0. The van der Waals surface area contributed by atoms with Gasteiger partial charge in [-0.25, -0.2) is 4.79 Å². The first kappa shape index (κ1) is 18.2. The Morgan fingerprint density at radius 2 is 2.12 bits per heavy atom. The van der Waals surface area contributed by atoms with E-state index in [2.05, 4.69) is 10.3 Å². The second-order valence-corrected chi connectivity index (χ2v) is 7.21. The standard InChI is InChI=1S/C18H25N5O3/c19-17(26)21-10-16(25)22-9-3-6-18(12-22)7-5-15(24)23(13-18)11-14-4-1-2-8-20-14/h1-2,4,8H,3,5-7,9-13H2,(H3,19,21,26). The fourth-order valence-corrected chi connectivity index (χ4v) is 3.96. The van der Waals surface area contributed by atoms with Crippen molar-refractivity contribution in [1.82, 2.24) is 20.1 Å². The van der Waals surface area contributed by atoms with Crippen molar-refractivity contribution in [3.8, 4) is 0 Å². The largest absolute Gasteiger partial charge is 0.352 e. The summed E-state index contributed by atoms with van der Waals surface area (Å²) in [5, 5.41) is 2.36. The molecular formula is C18H25N5O3. The van der Waals surface area contributed by atoms with Gasteiger partial charge in [-0.2, -0.15) is 0 Å². The van der Waals surface area contributed by atoms with Crippen molar-refractivity contribution in [3.63, 3.8) is 0 Å². The molecule has 1 unspecified atom stereocenters. The van der Waals surface area contributed by atoms with E-state index in [0.29, 0.717) is 32.6 Å². The van der Waals surface area contributed by atoms with Crippen LogP contribution in [0, 0.1) is 5.41 Å². The lowest BCUT2D eigenvalue weighted by Crippen LogP contribution is -2.56.